The van der Waals surface area contributed by atoms with Gasteiger partial charge in [-0.3, -0.25) is 14.4 Å². The molecule has 1 aromatic rings. The molecule has 0 spiro atoms. The molecule has 0 bridgehead atoms. The zero-order valence-electron chi connectivity index (χ0n) is 15.1. The molecular weight excluding hydrogens is 362 g/mol. The van der Waals surface area contributed by atoms with Gasteiger partial charge in [0.2, 0.25) is 6.79 Å². The van der Waals surface area contributed by atoms with Crippen molar-refractivity contribution in [1.29, 1.82) is 0 Å². The monoisotopic (exact) mass is 385 g/mol. The van der Waals surface area contributed by atoms with Gasteiger partial charge in [0.25, 0.3) is 5.91 Å². The second-order valence-corrected chi connectivity index (χ2v) is 5.68. The fraction of sp³-hybridized carbons (Fsp3) is 0.412. The molecule has 0 atom stereocenters. The normalized spacial score (nSPS) is 9.42. The van der Waals surface area contributed by atoms with E-state index in [1.165, 1.54) is 6.92 Å². The van der Waals surface area contributed by atoms with E-state index >= 15 is 0 Å². The van der Waals surface area contributed by atoms with Crippen molar-refractivity contribution in [2.24, 2.45) is 0 Å². The predicted octanol–water partition coefficient (Wildman–Crippen LogP) is 2.37. The highest BCUT2D eigenvalue weighted by Crippen LogP contribution is 1.98. The summed E-state index contributed by atoms with van der Waals surface area (Å²) in [6, 6.07) is 8.72. The maximum atomic E-state index is 11.5. The molecule has 8 nitrogen and oxygen atoms in total. The standard InChI is InChI=1S/C12H15NO3.C5H8O4S/c1-9(2)16-11(14)8-13-12(15)10-6-4-3-5-7-10;1-4(6)8-3-9-5(7)10-2/h3-7,9H,8H2,1-2H3,(H,13,15);3H2,1-2H3. The Kier molecular flexibility index (Phi) is 12.4. The van der Waals surface area contributed by atoms with Crippen molar-refractivity contribution < 1.29 is 33.4 Å². The number of hydrogen-bond donors (Lipinski definition) is 1. The van der Waals surface area contributed by atoms with Gasteiger partial charge in [0.1, 0.15) is 6.54 Å². The summed E-state index contributed by atoms with van der Waals surface area (Å²) in [6.07, 6.45) is 1.41. The fourth-order valence-electron chi connectivity index (χ4n) is 1.37. The summed E-state index contributed by atoms with van der Waals surface area (Å²) in [5, 5.41) is 2.03. The third-order valence-electron chi connectivity index (χ3n) is 2.40. The molecule has 0 aliphatic rings. The maximum absolute atomic E-state index is 11.5. The minimum atomic E-state index is -0.464. The molecule has 0 heterocycles. The van der Waals surface area contributed by atoms with Crippen LogP contribution in [0.15, 0.2) is 30.3 Å². The Balaban J connectivity index is 0.000000541. The number of benzene rings is 1. The van der Waals surface area contributed by atoms with Crippen LogP contribution in [0.2, 0.25) is 0 Å². The summed E-state index contributed by atoms with van der Waals surface area (Å²) in [5.41, 5.74) is 0.528. The number of carbonyl (C=O) groups excluding carboxylic acids is 4. The second kappa shape index (κ2) is 13.7. The molecule has 0 saturated heterocycles. The van der Waals surface area contributed by atoms with Gasteiger partial charge in [-0.2, -0.15) is 0 Å². The quantitative estimate of drug-likeness (QED) is 0.587. The van der Waals surface area contributed by atoms with E-state index in [1.54, 1.807) is 44.4 Å². The van der Waals surface area contributed by atoms with Gasteiger partial charge in [-0.25, -0.2) is 4.79 Å². The van der Waals surface area contributed by atoms with Crippen LogP contribution in [-0.4, -0.2) is 48.8 Å². The van der Waals surface area contributed by atoms with Gasteiger partial charge in [-0.15, -0.1) is 0 Å². The lowest BCUT2D eigenvalue weighted by Crippen LogP contribution is -2.31. The van der Waals surface area contributed by atoms with E-state index in [1.807, 2.05) is 6.07 Å². The van der Waals surface area contributed by atoms with E-state index in [4.69, 9.17) is 4.74 Å². The SMILES string of the molecule is CC(C)OC(=O)CNC(=O)c1ccccc1.CSC(=O)OCOC(C)=O. The highest BCUT2D eigenvalue weighted by molar-refractivity contribution is 8.12. The summed E-state index contributed by atoms with van der Waals surface area (Å²) in [5.74, 6) is -1.17. The Labute approximate surface area is 156 Å². The Morgan fingerprint density at radius 2 is 1.69 bits per heavy atom. The van der Waals surface area contributed by atoms with E-state index in [-0.39, 0.29) is 25.3 Å². The van der Waals surface area contributed by atoms with Crippen molar-refractivity contribution in [3.8, 4) is 0 Å². The molecule has 0 saturated carbocycles. The first-order chi connectivity index (χ1) is 12.3. The van der Waals surface area contributed by atoms with E-state index < -0.39 is 17.2 Å². The molecule has 26 heavy (non-hydrogen) atoms. The number of rotatable bonds is 6. The molecule has 1 amide bonds. The van der Waals surface area contributed by atoms with Crippen molar-refractivity contribution in [2.45, 2.75) is 26.9 Å². The van der Waals surface area contributed by atoms with Gasteiger partial charge in [-0.05, 0) is 44.0 Å². The van der Waals surface area contributed by atoms with Crippen molar-refractivity contribution in [1.82, 2.24) is 5.32 Å². The summed E-state index contributed by atoms with van der Waals surface area (Å²) < 4.78 is 13.6. The van der Waals surface area contributed by atoms with Crippen LogP contribution in [-0.2, 0) is 23.8 Å². The van der Waals surface area contributed by atoms with Crippen LogP contribution < -0.4 is 5.32 Å². The first-order valence-electron chi connectivity index (χ1n) is 7.63. The van der Waals surface area contributed by atoms with Gasteiger partial charge in [-0.1, -0.05) is 18.2 Å². The molecule has 0 aliphatic heterocycles. The smallest absolute Gasteiger partial charge is 0.369 e. The van der Waals surface area contributed by atoms with Crippen LogP contribution in [0.4, 0.5) is 4.79 Å². The second-order valence-electron chi connectivity index (χ2n) is 4.94. The molecule has 0 aliphatic carbocycles. The number of carbonyl (C=O) groups is 4. The lowest BCUT2D eigenvalue weighted by Gasteiger charge is -2.08. The number of hydrogen-bond acceptors (Lipinski definition) is 8. The van der Waals surface area contributed by atoms with Crippen molar-refractivity contribution in [3.63, 3.8) is 0 Å². The number of thioether (sulfide) groups is 1. The van der Waals surface area contributed by atoms with E-state index in [0.29, 0.717) is 5.56 Å². The van der Waals surface area contributed by atoms with E-state index in [2.05, 4.69) is 14.8 Å². The zero-order valence-corrected chi connectivity index (χ0v) is 16.0. The van der Waals surface area contributed by atoms with Crippen LogP contribution in [0.5, 0.6) is 0 Å². The first-order valence-corrected chi connectivity index (χ1v) is 8.85. The van der Waals surface area contributed by atoms with Gasteiger partial charge < -0.3 is 19.5 Å². The molecule has 1 aromatic carbocycles. The molecule has 9 heteroatoms. The van der Waals surface area contributed by atoms with Gasteiger partial charge in [0, 0.05) is 12.5 Å². The van der Waals surface area contributed by atoms with Crippen molar-refractivity contribution in [2.75, 3.05) is 19.6 Å². The third kappa shape index (κ3) is 12.8. The lowest BCUT2D eigenvalue weighted by molar-refractivity contribution is -0.148. The van der Waals surface area contributed by atoms with Crippen LogP contribution in [0.25, 0.3) is 0 Å². The fourth-order valence-corrected chi connectivity index (χ4v) is 1.53. The topological polar surface area (TPSA) is 108 Å². The van der Waals surface area contributed by atoms with Gasteiger partial charge >= 0.3 is 17.2 Å². The number of amides is 1. The van der Waals surface area contributed by atoms with Crippen LogP contribution in [0.3, 0.4) is 0 Å². The lowest BCUT2D eigenvalue weighted by atomic mass is 10.2. The molecule has 144 valence electrons. The van der Waals surface area contributed by atoms with Crippen molar-refractivity contribution >= 4 is 34.9 Å². The Bertz CT molecular complexity index is 590. The molecule has 1 rings (SSSR count). The Morgan fingerprint density at radius 3 is 2.19 bits per heavy atom. The summed E-state index contributed by atoms with van der Waals surface area (Å²) >= 11 is 0.924. The zero-order chi connectivity index (χ0) is 19.9. The van der Waals surface area contributed by atoms with Crippen LogP contribution in [0.1, 0.15) is 31.1 Å². The highest BCUT2D eigenvalue weighted by atomic mass is 32.2. The average Bonchev–Trinajstić information content (AvgIpc) is 2.60. The number of nitrogens with one attached hydrogen (secondary N) is 1. The molecule has 0 unspecified atom stereocenters. The molecule has 0 aromatic heterocycles. The van der Waals surface area contributed by atoms with Gasteiger partial charge in [0.15, 0.2) is 0 Å². The number of esters is 2. The van der Waals surface area contributed by atoms with E-state index in [9.17, 15) is 19.2 Å². The third-order valence-corrected chi connectivity index (χ3v) is 2.85. The maximum Gasteiger partial charge on any atom is 0.369 e. The number of ether oxygens (including phenoxy) is 3. The van der Waals surface area contributed by atoms with Crippen molar-refractivity contribution in [3.05, 3.63) is 35.9 Å². The summed E-state index contributed by atoms with van der Waals surface area (Å²) in [6.45, 7) is 4.36. The molecule has 1 N–H and O–H groups in total. The summed E-state index contributed by atoms with van der Waals surface area (Å²) in [4.78, 5) is 43.1. The Morgan fingerprint density at radius 1 is 1.08 bits per heavy atom. The predicted molar refractivity (Wildman–Crippen MR) is 96.6 cm³/mol. The Hall–Kier alpha value is -2.55. The minimum Gasteiger partial charge on any atom is -0.462 e. The van der Waals surface area contributed by atoms with Crippen LogP contribution >= 0.6 is 11.8 Å². The molecule has 0 radical (unpaired) electrons. The van der Waals surface area contributed by atoms with Crippen LogP contribution in [0, 0.1) is 0 Å². The first kappa shape index (κ1) is 23.4. The highest BCUT2D eigenvalue weighted by Gasteiger charge is 2.09. The largest absolute Gasteiger partial charge is 0.462 e. The average molecular weight is 385 g/mol. The molecular formula is C17H23NO7S. The minimum absolute atomic E-state index is 0.105. The molecule has 0 fully saturated rings. The van der Waals surface area contributed by atoms with E-state index in [0.717, 1.165) is 11.8 Å². The van der Waals surface area contributed by atoms with Gasteiger partial charge in [0.05, 0.1) is 6.10 Å². The summed E-state index contributed by atoms with van der Waals surface area (Å²) in [7, 11) is 0.